The lowest BCUT2D eigenvalue weighted by Crippen LogP contribution is -2.53. The van der Waals surface area contributed by atoms with Gasteiger partial charge in [-0.05, 0) is 55.1 Å². The minimum Gasteiger partial charge on any atom is -0.338 e. The maximum atomic E-state index is 13.0. The fourth-order valence-electron chi connectivity index (χ4n) is 4.69. The van der Waals surface area contributed by atoms with Gasteiger partial charge < -0.3 is 15.5 Å². The number of rotatable bonds is 7. The number of hydrogen-bond donors (Lipinski definition) is 2. The zero-order chi connectivity index (χ0) is 23.8. The first-order chi connectivity index (χ1) is 16.5. The number of hydrogen-bond acceptors (Lipinski definition) is 4. The third-order valence-corrected chi connectivity index (χ3v) is 6.55. The Balaban J connectivity index is 1.14. The Hall–Kier alpha value is -2.97. The second kappa shape index (κ2) is 11.9. The van der Waals surface area contributed by atoms with Crippen LogP contribution in [0.25, 0.3) is 0 Å². The van der Waals surface area contributed by atoms with Gasteiger partial charge in [-0.25, -0.2) is 9.18 Å². The third-order valence-electron chi connectivity index (χ3n) is 6.55. The van der Waals surface area contributed by atoms with E-state index in [1.54, 1.807) is 12.1 Å². The minimum absolute atomic E-state index is 0.0180. The zero-order valence-electron chi connectivity index (χ0n) is 19.6. The van der Waals surface area contributed by atoms with E-state index in [1.807, 2.05) is 15.9 Å². The van der Waals surface area contributed by atoms with Crippen molar-refractivity contribution in [3.63, 3.8) is 0 Å². The van der Waals surface area contributed by atoms with Crippen LogP contribution in [0.4, 0.5) is 14.9 Å². The van der Waals surface area contributed by atoms with Crippen LogP contribution in [-0.2, 0) is 11.3 Å². The lowest BCUT2D eigenvalue weighted by molar-refractivity contribution is -0.117. The molecule has 2 saturated heterocycles. The molecule has 2 aliphatic heterocycles. The molecule has 8 heteroatoms. The summed E-state index contributed by atoms with van der Waals surface area (Å²) in [6.45, 7) is 6.53. The van der Waals surface area contributed by atoms with Gasteiger partial charge in [0.1, 0.15) is 5.82 Å². The normalized spacial score (nSPS) is 19.6. The number of halogens is 1. The highest BCUT2D eigenvalue weighted by Crippen LogP contribution is 2.18. The molecule has 1 unspecified atom stereocenters. The number of likely N-dealkylation sites (tertiary alicyclic amines) is 1. The highest BCUT2D eigenvalue weighted by atomic mass is 19.1. The minimum atomic E-state index is -0.333. The molecule has 0 radical (unpaired) electrons. The highest BCUT2D eigenvalue weighted by molar-refractivity contribution is 5.92. The third kappa shape index (κ3) is 7.27. The molecule has 2 fully saturated rings. The standard InChI is InChI=1S/C26H34FN5O2/c27-23-8-10-24(11-9-23)29-25(33)20-30-13-15-32(16-14-30)26(34)28-17-22-7-4-12-31(19-22)18-21-5-2-1-3-6-21/h1-3,5-6,8-11,22H,4,7,12-20H2,(H,28,34)(H,29,33). The van der Waals surface area contributed by atoms with Gasteiger partial charge in [0.25, 0.3) is 0 Å². The molecule has 34 heavy (non-hydrogen) atoms. The predicted molar refractivity (Wildman–Crippen MR) is 131 cm³/mol. The number of piperazine rings is 1. The van der Waals surface area contributed by atoms with Crippen LogP contribution in [-0.4, -0.2) is 79.0 Å². The molecule has 0 aromatic heterocycles. The quantitative estimate of drug-likeness (QED) is 0.657. The average Bonchev–Trinajstić information content (AvgIpc) is 2.85. The molecule has 2 heterocycles. The Labute approximate surface area is 200 Å². The molecule has 0 bridgehead atoms. The Morgan fingerprint density at radius 3 is 2.38 bits per heavy atom. The van der Waals surface area contributed by atoms with Crippen molar-refractivity contribution in [2.45, 2.75) is 19.4 Å². The Kier molecular flexibility index (Phi) is 8.49. The van der Waals surface area contributed by atoms with Crippen molar-refractivity contribution in [2.75, 3.05) is 57.7 Å². The van der Waals surface area contributed by atoms with E-state index in [-0.39, 0.29) is 24.3 Å². The van der Waals surface area contributed by atoms with E-state index >= 15 is 0 Å². The largest absolute Gasteiger partial charge is 0.338 e. The van der Waals surface area contributed by atoms with Crippen LogP contribution in [0, 0.1) is 11.7 Å². The number of nitrogens with one attached hydrogen (secondary N) is 2. The Bertz CT molecular complexity index is 932. The molecule has 182 valence electrons. The fourth-order valence-corrected chi connectivity index (χ4v) is 4.69. The second-order valence-corrected chi connectivity index (χ2v) is 9.23. The van der Waals surface area contributed by atoms with Crippen molar-refractivity contribution in [3.8, 4) is 0 Å². The number of carbonyl (C=O) groups is 2. The van der Waals surface area contributed by atoms with Gasteiger partial charge in [-0.15, -0.1) is 0 Å². The highest BCUT2D eigenvalue weighted by Gasteiger charge is 2.24. The van der Waals surface area contributed by atoms with Gasteiger partial charge in [0.05, 0.1) is 6.54 Å². The van der Waals surface area contributed by atoms with Crippen LogP contribution < -0.4 is 10.6 Å². The molecule has 2 aromatic rings. The van der Waals surface area contributed by atoms with Crippen molar-refractivity contribution in [3.05, 3.63) is 66.0 Å². The van der Waals surface area contributed by atoms with Crippen LogP contribution >= 0.6 is 0 Å². The molecule has 2 N–H and O–H groups in total. The van der Waals surface area contributed by atoms with E-state index in [1.165, 1.54) is 17.7 Å². The topological polar surface area (TPSA) is 67.9 Å². The number of urea groups is 1. The fraction of sp³-hybridized carbons (Fsp3) is 0.462. The smallest absolute Gasteiger partial charge is 0.317 e. The van der Waals surface area contributed by atoms with E-state index in [2.05, 4.69) is 39.8 Å². The van der Waals surface area contributed by atoms with E-state index in [0.29, 0.717) is 44.3 Å². The van der Waals surface area contributed by atoms with Gasteiger partial charge in [0.2, 0.25) is 5.91 Å². The van der Waals surface area contributed by atoms with Gasteiger partial charge in [0, 0.05) is 51.5 Å². The van der Waals surface area contributed by atoms with Crippen LogP contribution in [0.1, 0.15) is 18.4 Å². The number of piperidine rings is 1. The summed E-state index contributed by atoms with van der Waals surface area (Å²) in [5.41, 5.74) is 1.91. The number of benzene rings is 2. The SMILES string of the molecule is O=C(CN1CCN(C(=O)NCC2CCCN(Cc3ccccc3)C2)CC1)Nc1ccc(F)cc1. The molecule has 2 aromatic carbocycles. The van der Waals surface area contributed by atoms with Gasteiger partial charge in [-0.1, -0.05) is 30.3 Å². The summed E-state index contributed by atoms with van der Waals surface area (Å²) in [5, 5.41) is 5.91. The molecule has 2 aliphatic rings. The zero-order valence-corrected chi connectivity index (χ0v) is 19.6. The Morgan fingerprint density at radius 1 is 0.912 bits per heavy atom. The number of nitrogens with zero attached hydrogens (tertiary/aromatic N) is 3. The summed E-state index contributed by atoms with van der Waals surface area (Å²) in [6.07, 6.45) is 2.30. The molecule has 0 saturated carbocycles. The molecule has 3 amide bonds. The van der Waals surface area contributed by atoms with Crippen LogP contribution in [0.5, 0.6) is 0 Å². The monoisotopic (exact) mass is 467 g/mol. The summed E-state index contributed by atoms with van der Waals surface area (Å²) < 4.78 is 13.0. The maximum absolute atomic E-state index is 13.0. The van der Waals surface area contributed by atoms with Gasteiger partial charge in [-0.3, -0.25) is 14.6 Å². The molecule has 0 spiro atoms. The van der Waals surface area contributed by atoms with Crippen molar-refractivity contribution in [1.29, 1.82) is 0 Å². The van der Waals surface area contributed by atoms with Crippen molar-refractivity contribution < 1.29 is 14.0 Å². The lowest BCUT2D eigenvalue weighted by Gasteiger charge is -2.36. The molecular weight excluding hydrogens is 433 g/mol. The van der Waals surface area contributed by atoms with E-state index < -0.39 is 0 Å². The van der Waals surface area contributed by atoms with Crippen molar-refractivity contribution in [1.82, 2.24) is 20.0 Å². The Morgan fingerprint density at radius 2 is 1.65 bits per heavy atom. The summed E-state index contributed by atoms with van der Waals surface area (Å²) in [7, 11) is 0. The predicted octanol–water partition coefficient (Wildman–Crippen LogP) is 3.00. The van der Waals surface area contributed by atoms with E-state index in [9.17, 15) is 14.0 Å². The molecular formula is C26H34FN5O2. The summed E-state index contributed by atoms with van der Waals surface area (Å²) in [5.74, 6) is 0.000110. The van der Waals surface area contributed by atoms with Gasteiger partial charge in [0.15, 0.2) is 0 Å². The maximum Gasteiger partial charge on any atom is 0.317 e. The first kappa shape index (κ1) is 24.2. The van der Waals surface area contributed by atoms with Crippen LogP contribution in [0.15, 0.2) is 54.6 Å². The van der Waals surface area contributed by atoms with Crippen LogP contribution in [0.3, 0.4) is 0 Å². The average molecular weight is 468 g/mol. The van der Waals surface area contributed by atoms with Crippen molar-refractivity contribution in [2.24, 2.45) is 5.92 Å². The van der Waals surface area contributed by atoms with Crippen molar-refractivity contribution >= 4 is 17.6 Å². The molecule has 7 nitrogen and oxygen atoms in total. The van der Waals surface area contributed by atoms with Crippen LogP contribution in [0.2, 0.25) is 0 Å². The second-order valence-electron chi connectivity index (χ2n) is 9.23. The number of amides is 3. The van der Waals surface area contributed by atoms with E-state index in [4.69, 9.17) is 0 Å². The van der Waals surface area contributed by atoms with Gasteiger partial charge >= 0.3 is 6.03 Å². The summed E-state index contributed by atoms with van der Waals surface area (Å²) >= 11 is 0. The van der Waals surface area contributed by atoms with E-state index in [0.717, 1.165) is 32.5 Å². The van der Waals surface area contributed by atoms with Gasteiger partial charge in [-0.2, -0.15) is 0 Å². The summed E-state index contributed by atoms with van der Waals surface area (Å²) in [4.78, 5) is 31.3. The summed E-state index contributed by atoms with van der Waals surface area (Å²) in [6, 6.07) is 16.2. The molecule has 4 rings (SSSR count). The molecule has 0 aliphatic carbocycles. The molecule has 1 atom stereocenters. The number of carbonyl (C=O) groups excluding carboxylic acids is 2. The first-order valence-electron chi connectivity index (χ1n) is 12.1. The first-order valence-corrected chi connectivity index (χ1v) is 12.1. The lowest BCUT2D eigenvalue weighted by atomic mass is 9.97. The number of anilines is 1.